The number of para-hydroxylation sites is 2. The number of carbonyl (C=O) groups is 1. The van der Waals surface area contributed by atoms with Crippen LogP contribution in [0, 0.1) is 6.92 Å². The zero-order valence-corrected chi connectivity index (χ0v) is 19.5. The number of ether oxygens (including phenoxy) is 1. The van der Waals surface area contributed by atoms with Gasteiger partial charge < -0.3 is 14.5 Å². The molecule has 3 aromatic rings. The van der Waals surface area contributed by atoms with Crippen LogP contribution in [-0.2, 0) is 10.0 Å². The molecule has 7 nitrogen and oxygen atoms in total. The van der Waals surface area contributed by atoms with Gasteiger partial charge in [-0.1, -0.05) is 30.3 Å². The number of hydrogen-bond donors (Lipinski definition) is 1. The molecule has 3 aromatic carbocycles. The number of nitrogens with zero attached hydrogens (tertiary/aromatic N) is 2. The zero-order chi connectivity index (χ0) is 23.4. The molecule has 1 fully saturated rings. The molecule has 33 heavy (non-hydrogen) atoms. The molecule has 0 aromatic heterocycles. The van der Waals surface area contributed by atoms with Gasteiger partial charge in [0.15, 0.2) is 0 Å². The number of methoxy groups -OCH3 is 1. The molecule has 0 bridgehead atoms. The molecule has 1 heterocycles. The summed E-state index contributed by atoms with van der Waals surface area (Å²) in [6.45, 7) is 4.40. The summed E-state index contributed by atoms with van der Waals surface area (Å²) in [5.74, 6) is 0.761. The molecule has 1 aliphatic rings. The van der Waals surface area contributed by atoms with Gasteiger partial charge in [0.05, 0.1) is 23.4 Å². The lowest BCUT2D eigenvalue weighted by Crippen LogP contribution is -2.48. The minimum absolute atomic E-state index is 0.0600. The van der Waals surface area contributed by atoms with Crippen molar-refractivity contribution >= 4 is 27.3 Å². The molecule has 4 rings (SSSR count). The Bertz CT molecular complexity index is 1240. The Hall–Kier alpha value is -3.52. The van der Waals surface area contributed by atoms with Crippen molar-refractivity contribution in [2.45, 2.75) is 11.8 Å². The second-order valence-electron chi connectivity index (χ2n) is 7.90. The predicted molar refractivity (Wildman–Crippen MR) is 130 cm³/mol. The van der Waals surface area contributed by atoms with Gasteiger partial charge in [-0.05, 0) is 55.0 Å². The van der Waals surface area contributed by atoms with Gasteiger partial charge in [-0.2, -0.15) is 0 Å². The Morgan fingerprint density at radius 1 is 0.909 bits per heavy atom. The van der Waals surface area contributed by atoms with Crippen molar-refractivity contribution in [3.05, 3.63) is 83.9 Å². The van der Waals surface area contributed by atoms with Crippen molar-refractivity contribution in [3.8, 4) is 5.75 Å². The Morgan fingerprint density at radius 2 is 1.58 bits per heavy atom. The Balaban J connectivity index is 1.43. The third-order valence-corrected chi connectivity index (χ3v) is 7.15. The second-order valence-corrected chi connectivity index (χ2v) is 9.58. The third kappa shape index (κ3) is 4.96. The summed E-state index contributed by atoms with van der Waals surface area (Å²) in [4.78, 5) is 17.3. The first-order chi connectivity index (χ1) is 15.9. The van der Waals surface area contributed by atoms with Gasteiger partial charge in [0.2, 0.25) is 0 Å². The minimum atomic E-state index is -3.69. The van der Waals surface area contributed by atoms with Crippen LogP contribution in [0.15, 0.2) is 77.7 Å². The summed E-state index contributed by atoms with van der Waals surface area (Å²) in [5, 5.41) is 0. The third-order valence-electron chi connectivity index (χ3n) is 5.76. The van der Waals surface area contributed by atoms with Crippen LogP contribution < -0.4 is 14.4 Å². The number of hydrogen-bond acceptors (Lipinski definition) is 5. The zero-order valence-electron chi connectivity index (χ0n) is 18.7. The number of anilines is 2. The second kappa shape index (κ2) is 9.54. The molecule has 1 saturated heterocycles. The van der Waals surface area contributed by atoms with E-state index in [9.17, 15) is 13.2 Å². The van der Waals surface area contributed by atoms with E-state index in [-0.39, 0.29) is 10.8 Å². The SMILES string of the molecule is COc1ccccc1N1CCN(C(=O)c2ccc(NS(=O)(=O)c3ccccc3)c(C)c2)CC1. The van der Waals surface area contributed by atoms with E-state index in [1.165, 1.54) is 0 Å². The van der Waals surface area contributed by atoms with E-state index in [4.69, 9.17) is 4.74 Å². The number of aryl methyl sites for hydroxylation is 1. The van der Waals surface area contributed by atoms with Gasteiger partial charge in [-0.15, -0.1) is 0 Å². The highest BCUT2D eigenvalue weighted by Gasteiger charge is 2.24. The maximum atomic E-state index is 13.1. The first kappa shape index (κ1) is 22.7. The molecule has 1 amide bonds. The topological polar surface area (TPSA) is 79.0 Å². The average Bonchev–Trinajstić information content (AvgIpc) is 2.85. The molecule has 0 radical (unpaired) electrons. The van der Waals surface area contributed by atoms with Crippen LogP contribution in [0.1, 0.15) is 15.9 Å². The highest BCUT2D eigenvalue weighted by atomic mass is 32.2. The van der Waals surface area contributed by atoms with Crippen molar-refractivity contribution < 1.29 is 17.9 Å². The van der Waals surface area contributed by atoms with Crippen molar-refractivity contribution in [2.24, 2.45) is 0 Å². The Morgan fingerprint density at radius 3 is 2.24 bits per heavy atom. The van der Waals surface area contributed by atoms with Crippen LogP contribution in [0.2, 0.25) is 0 Å². The summed E-state index contributed by atoms with van der Waals surface area (Å²) in [6, 6.07) is 21.1. The summed E-state index contributed by atoms with van der Waals surface area (Å²) in [5.41, 5.74) is 2.71. The van der Waals surface area contributed by atoms with E-state index in [1.54, 1.807) is 62.6 Å². The highest BCUT2D eigenvalue weighted by Crippen LogP contribution is 2.29. The number of sulfonamides is 1. The molecule has 0 unspecified atom stereocenters. The summed E-state index contributed by atoms with van der Waals surface area (Å²) in [7, 11) is -2.03. The summed E-state index contributed by atoms with van der Waals surface area (Å²) in [6.07, 6.45) is 0. The number of benzene rings is 3. The van der Waals surface area contributed by atoms with Crippen LogP contribution in [0.3, 0.4) is 0 Å². The van der Waals surface area contributed by atoms with Crippen LogP contribution in [0.25, 0.3) is 0 Å². The first-order valence-corrected chi connectivity index (χ1v) is 12.2. The van der Waals surface area contributed by atoms with Gasteiger partial charge in [-0.25, -0.2) is 8.42 Å². The van der Waals surface area contributed by atoms with Crippen LogP contribution >= 0.6 is 0 Å². The highest BCUT2D eigenvalue weighted by molar-refractivity contribution is 7.92. The van der Waals surface area contributed by atoms with Gasteiger partial charge in [0.1, 0.15) is 5.75 Å². The van der Waals surface area contributed by atoms with Gasteiger partial charge in [0, 0.05) is 31.7 Å². The van der Waals surface area contributed by atoms with E-state index >= 15 is 0 Å². The van der Waals surface area contributed by atoms with E-state index < -0.39 is 10.0 Å². The molecule has 0 atom stereocenters. The van der Waals surface area contributed by atoms with Crippen molar-refractivity contribution in [3.63, 3.8) is 0 Å². The molecule has 0 spiro atoms. The predicted octanol–water partition coefficient (Wildman–Crippen LogP) is 3.77. The molecular weight excluding hydrogens is 438 g/mol. The smallest absolute Gasteiger partial charge is 0.261 e. The summed E-state index contributed by atoms with van der Waals surface area (Å²) >= 11 is 0. The van der Waals surface area contributed by atoms with Crippen LogP contribution in [-0.4, -0.2) is 52.5 Å². The normalized spacial score (nSPS) is 14.1. The average molecular weight is 466 g/mol. The Labute approximate surface area is 194 Å². The monoisotopic (exact) mass is 465 g/mol. The number of carbonyl (C=O) groups excluding carboxylic acids is 1. The number of piperazine rings is 1. The molecule has 1 N–H and O–H groups in total. The first-order valence-electron chi connectivity index (χ1n) is 10.7. The lowest BCUT2D eigenvalue weighted by Gasteiger charge is -2.36. The fourth-order valence-electron chi connectivity index (χ4n) is 3.94. The standard InChI is InChI=1S/C25H27N3O4S/c1-19-18-20(12-13-22(19)26-33(30,31)21-8-4-3-5-9-21)25(29)28-16-14-27(15-17-28)23-10-6-7-11-24(23)32-2/h3-13,18,26H,14-17H2,1-2H3. The van der Waals surface area contributed by atoms with E-state index in [1.807, 2.05) is 29.2 Å². The van der Waals surface area contributed by atoms with Crippen molar-refractivity contribution in [1.82, 2.24) is 4.90 Å². The van der Waals surface area contributed by atoms with Crippen LogP contribution in [0.4, 0.5) is 11.4 Å². The number of nitrogens with one attached hydrogen (secondary N) is 1. The molecule has 8 heteroatoms. The van der Waals surface area contributed by atoms with E-state index in [2.05, 4.69) is 9.62 Å². The minimum Gasteiger partial charge on any atom is -0.495 e. The maximum Gasteiger partial charge on any atom is 0.261 e. The lowest BCUT2D eigenvalue weighted by atomic mass is 10.1. The van der Waals surface area contributed by atoms with Gasteiger partial charge in [0.25, 0.3) is 15.9 Å². The number of rotatable bonds is 6. The molecule has 0 aliphatic carbocycles. The maximum absolute atomic E-state index is 13.1. The van der Waals surface area contributed by atoms with E-state index in [0.29, 0.717) is 43.0 Å². The fourth-order valence-corrected chi connectivity index (χ4v) is 5.09. The number of amides is 1. The van der Waals surface area contributed by atoms with Gasteiger partial charge >= 0.3 is 0 Å². The quantitative estimate of drug-likeness (QED) is 0.600. The molecule has 1 aliphatic heterocycles. The van der Waals surface area contributed by atoms with Crippen molar-refractivity contribution in [2.75, 3.05) is 42.9 Å². The van der Waals surface area contributed by atoms with E-state index in [0.717, 1.165) is 11.4 Å². The largest absolute Gasteiger partial charge is 0.495 e. The van der Waals surface area contributed by atoms with Crippen molar-refractivity contribution in [1.29, 1.82) is 0 Å². The fraction of sp³-hybridized carbons (Fsp3) is 0.240. The Kier molecular flexibility index (Phi) is 6.55. The van der Waals surface area contributed by atoms with Crippen LogP contribution in [0.5, 0.6) is 5.75 Å². The lowest BCUT2D eigenvalue weighted by molar-refractivity contribution is 0.0746. The summed E-state index contributed by atoms with van der Waals surface area (Å²) < 4.78 is 33.3. The molecular formula is C25H27N3O4S. The molecule has 0 saturated carbocycles. The van der Waals surface area contributed by atoms with Gasteiger partial charge in [-0.3, -0.25) is 9.52 Å². The molecule has 172 valence electrons.